The van der Waals surface area contributed by atoms with Crippen LogP contribution in [0.15, 0.2) is 23.1 Å². The van der Waals surface area contributed by atoms with Gasteiger partial charge in [-0.15, -0.1) is 0 Å². The molecule has 0 aliphatic carbocycles. The minimum absolute atomic E-state index is 0.0642. The lowest BCUT2D eigenvalue weighted by Crippen LogP contribution is -2.51. The number of aliphatic carboxylic acids is 1. The largest absolute Gasteiger partial charge is 0.481 e. The predicted molar refractivity (Wildman–Crippen MR) is 91.9 cm³/mol. The number of aryl methyl sites for hydroxylation is 1. The molecule has 0 bridgehead atoms. The summed E-state index contributed by atoms with van der Waals surface area (Å²) in [4.78, 5) is 23.9. The van der Waals surface area contributed by atoms with Crippen LogP contribution in [0.2, 0.25) is 0 Å². The van der Waals surface area contributed by atoms with E-state index in [2.05, 4.69) is 5.32 Å². The molecule has 1 atom stereocenters. The minimum Gasteiger partial charge on any atom is -0.481 e. The zero-order chi connectivity index (χ0) is 18.7. The molecule has 0 fully saturated rings. The van der Waals surface area contributed by atoms with Crippen molar-refractivity contribution < 1.29 is 23.1 Å². The molecule has 7 heteroatoms. The molecule has 6 nitrogen and oxygen atoms in total. The van der Waals surface area contributed by atoms with E-state index in [0.717, 1.165) is 6.26 Å². The third-order valence-corrected chi connectivity index (χ3v) is 5.44. The van der Waals surface area contributed by atoms with Crippen LogP contribution in [0.1, 0.15) is 50.0 Å². The van der Waals surface area contributed by atoms with Crippen molar-refractivity contribution in [2.75, 3.05) is 6.26 Å². The number of amides is 1. The first-order valence-electron chi connectivity index (χ1n) is 7.78. The fourth-order valence-corrected chi connectivity index (χ4v) is 2.99. The highest BCUT2D eigenvalue weighted by Gasteiger charge is 2.33. The normalized spacial score (nSPS) is 14.2. The molecule has 0 saturated carbocycles. The maximum atomic E-state index is 12.7. The number of carboxylic acid groups (broad SMARTS) is 1. The molecule has 1 aromatic carbocycles. The average molecular weight is 355 g/mol. The van der Waals surface area contributed by atoms with Crippen LogP contribution in [0, 0.1) is 5.92 Å². The number of hydrogen-bond acceptors (Lipinski definition) is 4. The van der Waals surface area contributed by atoms with Gasteiger partial charge in [0.25, 0.3) is 5.91 Å². The molecule has 134 valence electrons. The Morgan fingerprint density at radius 3 is 2.29 bits per heavy atom. The summed E-state index contributed by atoms with van der Waals surface area (Å²) in [6, 6.07) is 4.45. The van der Waals surface area contributed by atoms with Crippen LogP contribution in [0.3, 0.4) is 0 Å². The fraction of sp³-hybridized carbons (Fsp3) is 0.529. The van der Waals surface area contributed by atoms with Crippen molar-refractivity contribution in [2.45, 2.75) is 51.0 Å². The van der Waals surface area contributed by atoms with E-state index < -0.39 is 27.3 Å². The van der Waals surface area contributed by atoms with Crippen molar-refractivity contribution in [2.24, 2.45) is 5.92 Å². The molecule has 0 heterocycles. The Balaban J connectivity index is 3.29. The third kappa shape index (κ3) is 4.80. The summed E-state index contributed by atoms with van der Waals surface area (Å²) in [7, 11) is -3.44. The Morgan fingerprint density at radius 2 is 1.88 bits per heavy atom. The first-order chi connectivity index (χ1) is 10.9. The molecule has 0 radical (unpaired) electrons. The van der Waals surface area contributed by atoms with E-state index in [-0.39, 0.29) is 22.8 Å². The SMILES string of the molecule is CCc1ccc(S(C)(=O)=O)cc1C(=O)NC(C)(CC(=O)O)C(C)C. The zero-order valence-electron chi connectivity index (χ0n) is 14.7. The summed E-state index contributed by atoms with van der Waals surface area (Å²) < 4.78 is 23.5. The topological polar surface area (TPSA) is 101 Å². The molecule has 0 aliphatic heterocycles. The van der Waals surface area contributed by atoms with Crippen molar-refractivity contribution in [3.8, 4) is 0 Å². The van der Waals surface area contributed by atoms with Crippen molar-refractivity contribution in [3.05, 3.63) is 29.3 Å². The first kappa shape index (κ1) is 20.2. The van der Waals surface area contributed by atoms with E-state index in [9.17, 15) is 18.0 Å². The van der Waals surface area contributed by atoms with E-state index in [1.54, 1.807) is 13.0 Å². The van der Waals surface area contributed by atoms with E-state index in [4.69, 9.17) is 5.11 Å². The molecule has 0 saturated heterocycles. The van der Waals surface area contributed by atoms with Gasteiger partial charge < -0.3 is 10.4 Å². The molecule has 0 aromatic heterocycles. The molecule has 1 aromatic rings. The molecular formula is C17H25NO5S. The van der Waals surface area contributed by atoms with Crippen molar-refractivity contribution in [1.82, 2.24) is 5.32 Å². The maximum Gasteiger partial charge on any atom is 0.305 e. The van der Waals surface area contributed by atoms with Crippen LogP contribution in [-0.4, -0.2) is 37.2 Å². The summed E-state index contributed by atoms with van der Waals surface area (Å²) in [6.07, 6.45) is 1.42. The smallest absolute Gasteiger partial charge is 0.305 e. The summed E-state index contributed by atoms with van der Waals surface area (Å²) >= 11 is 0. The van der Waals surface area contributed by atoms with E-state index >= 15 is 0 Å². The van der Waals surface area contributed by atoms with Crippen LogP contribution in [0.5, 0.6) is 0 Å². The summed E-state index contributed by atoms with van der Waals surface area (Å²) in [6.45, 7) is 7.20. The van der Waals surface area contributed by atoms with Gasteiger partial charge in [0.05, 0.1) is 16.9 Å². The van der Waals surface area contributed by atoms with Gasteiger partial charge in [0, 0.05) is 11.8 Å². The van der Waals surface area contributed by atoms with Crippen LogP contribution < -0.4 is 5.32 Å². The number of rotatable bonds is 7. The van der Waals surface area contributed by atoms with Gasteiger partial charge in [-0.1, -0.05) is 26.8 Å². The molecule has 1 rings (SSSR count). The molecule has 1 unspecified atom stereocenters. The van der Waals surface area contributed by atoms with E-state index in [1.165, 1.54) is 12.1 Å². The quantitative estimate of drug-likeness (QED) is 0.781. The van der Waals surface area contributed by atoms with Gasteiger partial charge >= 0.3 is 5.97 Å². The summed E-state index contributed by atoms with van der Waals surface area (Å²) in [5.41, 5.74) is 0.0358. The lowest BCUT2D eigenvalue weighted by Gasteiger charge is -2.33. The van der Waals surface area contributed by atoms with Crippen molar-refractivity contribution in [3.63, 3.8) is 0 Å². The highest BCUT2D eigenvalue weighted by Crippen LogP contribution is 2.23. The Kier molecular flexibility index (Phi) is 6.16. The van der Waals surface area contributed by atoms with Gasteiger partial charge in [0.2, 0.25) is 0 Å². The van der Waals surface area contributed by atoms with E-state index in [1.807, 2.05) is 20.8 Å². The Labute approximate surface area is 143 Å². The predicted octanol–water partition coefficient (Wildman–Crippen LogP) is 2.27. The Bertz CT molecular complexity index is 739. The standard InChI is InChI=1S/C17H25NO5S/c1-6-12-7-8-13(24(5,22)23)9-14(12)16(21)18-17(4,11(2)3)10-15(19)20/h7-9,11H,6,10H2,1-5H3,(H,18,21)(H,19,20). The second-order valence-electron chi connectivity index (χ2n) is 6.54. The third-order valence-electron chi connectivity index (χ3n) is 4.33. The highest BCUT2D eigenvalue weighted by molar-refractivity contribution is 7.90. The lowest BCUT2D eigenvalue weighted by molar-refractivity contribution is -0.138. The van der Waals surface area contributed by atoms with E-state index in [0.29, 0.717) is 12.0 Å². The van der Waals surface area contributed by atoms with Crippen LogP contribution in [0.4, 0.5) is 0 Å². The molecule has 1 amide bonds. The molecule has 0 spiro atoms. The number of benzene rings is 1. The second-order valence-corrected chi connectivity index (χ2v) is 8.56. The molecule has 0 aliphatic rings. The van der Waals surface area contributed by atoms with Crippen LogP contribution >= 0.6 is 0 Å². The Morgan fingerprint density at radius 1 is 1.29 bits per heavy atom. The number of carbonyl (C=O) groups is 2. The number of carboxylic acids is 1. The number of carbonyl (C=O) groups excluding carboxylic acids is 1. The lowest BCUT2D eigenvalue weighted by atomic mass is 9.84. The fourth-order valence-electron chi connectivity index (χ4n) is 2.34. The van der Waals surface area contributed by atoms with Crippen molar-refractivity contribution in [1.29, 1.82) is 0 Å². The van der Waals surface area contributed by atoms with Gasteiger partial charge in [-0.2, -0.15) is 0 Å². The monoisotopic (exact) mass is 355 g/mol. The first-order valence-corrected chi connectivity index (χ1v) is 9.67. The summed E-state index contributed by atoms with van der Waals surface area (Å²) in [5, 5.41) is 11.9. The number of hydrogen-bond donors (Lipinski definition) is 2. The van der Waals surface area contributed by atoms with Gasteiger partial charge in [-0.3, -0.25) is 9.59 Å². The van der Waals surface area contributed by atoms with Gasteiger partial charge in [0.1, 0.15) is 0 Å². The van der Waals surface area contributed by atoms with Gasteiger partial charge in [0.15, 0.2) is 9.84 Å². The number of nitrogens with one attached hydrogen (secondary N) is 1. The van der Waals surface area contributed by atoms with Crippen LogP contribution in [0.25, 0.3) is 0 Å². The molecule has 24 heavy (non-hydrogen) atoms. The van der Waals surface area contributed by atoms with Gasteiger partial charge in [-0.25, -0.2) is 8.42 Å². The molecular weight excluding hydrogens is 330 g/mol. The van der Waals surface area contributed by atoms with Crippen molar-refractivity contribution >= 4 is 21.7 Å². The van der Waals surface area contributed by atoms with Crippen LogP contribution in [-0.2, 0) is 21.1 Å². The maximum absolute atomic E-state index is 12.7. The Hall–Kier alpha value is -1.89. The second kappa shape index (κ2) is 7.34. The highest BCUT2D eigenvalue weighted by atomic mass is 32.2. The minimum atomic E-state index is -3.44. The average Bonchev–Trinajstić information content (AvgIpc) is 2.44. The zero-order valence-corrected chi connectivity index (χ0v) is 15.5. The molecule has 2 N–H and O–H groups in total. The van der Waals surface area contributed by atoms with Gasteiger partial charge in [-0.05, 0) is 37.0 Å². The summed E-state index contributed by atoms with van der Waals surface area (Å²) in [5.74, 6) is -1.58. The number of sulfone groups is 1.